The first kappa shape index (κ1) is 54.5. The van der Waals surface area contributed by atoms with Crippen molar-refractivity contribution < 1.29 is 43.3 Å². The Morgan fingerprint density at radius 2 is 1.25 bits per heavy atom. The van der Waals surface area contributed by atoms with Gasteiger partial charge in [-0.15, -0.1) is 0 Å². The first-order valence-corrected chi connectivity index (χ1v) is 24.4. The number of ether oxygens (including phenoxy) is 2. The molecule has 368 valence electrons. The topological polar surface area (TPSA) is 168 Å². The Balaban J connectivity index is 0.000000242. The van der Waals surface area contributed by atoms with Crippen LogP contribution < -0.4 is 10.6 Å². The molecule has 3 N–H and O–H groups in total. The van der Waals surface area contributed by atoms with E-state index in [4.69, 9.17) is 14.6 Å². The van der Waals surface area contributed by atoms with Crippen molar-refractivity contribution in [3.8, 4) is 0 Å². The molecule has 0 saturated carbocycles. The van der Waals surface area contributed by atoms with Gasteiger partial charge in [0.25, 0.3) is 0 Å². The van der Waals surface area contributed by atoms with E-state index in [1.54, 1.807) is 52.7 Å². The fourth-order valence-electron chi connectivity index (χ4n) is 9.43. The lowest BCUT2D eigenvalue weighted by Crippen LogP contribution is -2.54. The molecule has 12 heteroatoms. The molecule has 0 aromatic heterocycles. The molecule has 12 nitrogen and oxygen atoms in total. The van der Waals surface area contributed by atoms with Crippen molar-refractivity contribution in [1.29, 1.82) is 0 Å². The van der Waals surface area contributed by atoms with E-state index in [2.05, 4.69) is 86.9 Å². The van der Waals surface area contributed by atoms with Gasteiger partial charge in [-0.3, -0.25) is 14.4 Å². The highest BCUT2D eigenvalue weighted by molar-refractivity contribution is 5.89. The van der Waals surface area contributed by atoms with Crippen molar-refractivity contribution in [2.45, 2.75) is 183 Å². The molecule has 0 fully saturated rings. The Hall–Kier alpha value is -5.10. The molecule has 4 aliphatic rings. The minimum atomic E-state index is -1.07. The number of aliphatic carboxylic acids is 1. The van der Waals surface area contributed by atoms with Crippen LogP contribution in [0.1, 0.15) is 163 Å². The van der Waals surface area contributed by atoms with Gasteiger partial charge in [0, 0.05) is 25.4 Å². The number of fused-ring (bicyclic) bond motifs is 4. The fourth-order valence-corrected chi connectivity index (χ4v) is 9.43. The van der Waals surface area contributed by atoms with E-state index in [1.807, 2.05) is 4.90 Å². The number of benzene rings is 2. The molecule has 6 rings (SSSR count). The maximum atomic E-state index is 13.8. The number of esters is 1. The van der Waals surface area contributed by atoms with E-state index in [0.29, 0.717) is 18.5 Å². The largest absolute Gasteiger partial charge is 0.481 e. The Bertz CT molecular complexity index is 2150. The number of amides is 2. The Kier molecular flexibility index (Phi) is 19.7. The molecule has 2 amide bonds. The molecule has 67 heavy (non-hydrogen) atoms. The summed E-state index contributed by atoms with van der Waals surface area (Å²) in [5.74, 6) is -1.51. The number of nitrogens with zero attached hydrogens (tertiary/aromatic N) is 1. The van der Waals surface area contributed by atoms with Crippen LogP contribution in [0.5, 0.6) is 0 Å². The fraction of sp³-hybridized carbons (Fsp3) is 0.600. The summed E-state index contributed by atoms with van der Waals surface area (Å²) in [5, 5.41) is 15.4. The highest BCUT2D eigenvalue weighted by Crippen LogP contribution is 2.43. The third-order valence-corrected chi connectivity index (χ3v) is 12.3. The van der Waals surface area contributed by atoms with Crippen LogP contribution in [-0.4, -0.2) is 87.9 Å². The van der Waals surface area contributed by atoms with Crippen molar-refractivity contribution in [2.24, 2.45) is 17.8 Å². The Morgan fingerprint density at radius 1 is 0.731 bits per heavy atom. The van der Waals surface area contributed by atoms with E-state index >= 15 is 0 Å². The van der Waals surface area contributed by atoms with Crippen LogP contribution in [0.15, 0.2) is 59.7 Å². The smallest absolute Gasteiger partial charge is 0.408 e. The number of carboxylic acids is 1. The summed E-state index contributed by atoms with van der Waals surface area (Å²) in [6, 6.07) is 17.3. The van der Waals surface area contributed by atoms with E-state index in [0.717, 1.165) is 31.7 Å². The molecular formula is C55H79N3O9. The maximum absolute atomic E-state index is 13.8. The summed E-state index contributed by atoms with van der Waals surface area (Å²) in [6.07, 6.45) is 6.20. The Labute approximate surface area is 400 Å². The number of carboxylic acid groups (broad SMARTS) is 1. The second kappa shape index (κ2) is 24.3. The third-order valence-electron chi connectivity index (χ3n) is 12.3. The van der Waals surface area contributed by atoms with Crippen molar-refractivity contribution >= 4 is 46.7 Å². The van der Waals surface area contributed by atoms with Crippen molar-refractivity contribution in [1.82, 2.24) is 15.5 Å². The van der Waals surface area contributed by atoms with Gasteiger partial charge in [0.15, 0.2) is 0 Å². The summed E-state index contributed by atoms with van der Waals surface area (Å²) in [5.41, 5.74) is 10.4. The predicted octanol–water partition coefficient (Wildman–Crippen LogP) is 10.1. The molecule has 0 bridgehead atoms. The van der Waals surface area contributed by atoms with Crippen LogP contribution in [0, 0.1) is 17.8 Å². The summed E-state index contributed by atoms with van der Waals surface area (Å²) in [7, 11) is 0. The molecule has 0 saturated heterocycles. The summed E-state index contributed by atoms with van der Waals surface area (Å²) < 4.78 is 10.4. The zero-order valence-electron chi connectivity index (χ0n) is 42.4. The molecule has 0 spiro atoms. The van der Waals surface area contributed by atoms with E-state index in [9.17, 15) is 28.8 Å². The van der Waals surface area contributed by atoms with E-state index < -0.39 is 41.2 Å². The molecule has 2 aromatic rings. The monoisotopic (exact) mass is 926 g/mol. The van der Waals surface area contributed by atoms with Crippen molar-refractivity contribution in [3.63, 3.8) is 0 Å². The molecule has 2 unspecified atom stereocenters. The summed E-state index contributed by atoms with van der Waals surface area (Å²) in [6.45, 7) is 24.1. The predicted molar refractivity (Wildman–Crippen MR) is 264 cm³/mol. The molecule has 2 aliphatic carbocycles. The number of hydrogen-bond donors (Lipinski definition) is 3. The van der Waals surface area contributed by atoms with E-state index in [-0.39, 0.29) is 55.6 Å². The average Bonchev–Trinajstić information content (AvgIpc) is 3.79. The van der Waals surface area contributed by atoms with E-state index in [1.165, 1.54) is 66.5 Å². The van der Waals surface area contributed by atoms with Crippen LogP contribution in [0.3, 0.4) is 0 Å². The molecular weight excluding hydrogens is 847 g/mol. The lowest BCUT2D eigenvalue weighted by Gasteiger charge is -2.40. The average molecular weight is 926 g/mol. The molecule has 2 heterocycles. The molecule has 2 aliphatic heterocycles. The van der Waals surface area contributed by atoms with Gasteiger partial charge in [-0.2, -0.15) is 0 Å². The third kappa shape index (κ3) is 16.9. The van der Waals surface area contributed by atoms with Gasteiger partial charge in [-0.05, 0) is 170 Å². The minimum absolute atomic E-state index is 0.00563. The van der Waals surface area contributed by atoms with Crippen LogP contribution >= 0.6 is 0 Å². The van der Waals surface area contributed by atoms with Gasteiger partial charge in [0.1, 0.15) is 28.8 Å². The Morgan fingerprint density at radius 3 is 1.78 bits per heavy atom. The van der Waals surface area contributed by atoms with Crippen LogP contribution in [0.25, 0.3) is 11.1 Å². The normalized spacial score (nSPS) is 18.3. The van der Waals surface area contributed by atoms with Gasteiger partial charge >= 0.3 is 18.0 Å². The first-order chi connectivity index (χ1) is 31.3. The zero-order chi connectivity index (χ0) is 49.8. The van der Waals surface area contributed by atoms with Crippen LogP contribution in [0.2, 0.25) is 0 Å². The first-order valence-electron chi connectivity index (χ1n) is 24.4. The number of alkyl carbamates (subject to hydrolysis) is 1. The second-order valence-electron chi connectivity index (χ2n) is 21.5. The SMILES string of the molecule is CC(=O)CC[C@@H](CC(=O)OC(C)(C)C)C(=O)O.CC(=O)CC[C@@H](NC(=O)OC(C)(C)C)C(=O)N1CCC2=C(Cc3ccccc32)C1CC(C)C.CC(C)CC1NCCC2=C1Cc1ccccc12. The number of rotatable bonds is 15. The second-order valence-corrected chi connectivity index (χ2v) is 21.5. The van der Waals surface area contributed by atoms with Gasteiger partial charge < -0.3 is 39.7 Å². The number of hydrogen-bond acceptors (Lipinski definition) is 9. The van der Waals surface area contributed by atoms with Crippen LogP contribution in [0.4, 0.5) is 4.79 Å². The number of Topliss-reactive ketones (excluding diaryl/α,β-unsaturated/α-hetero) is 2. The van der Waals surface area contributed by atoms with Gasteiger partial charge in [0.2, 0.25) is 5.91 Å². The summed E-state index contributed by atoms with van der Waals surface area (Å²) >= 11 is 0. The van der Waals surface area contributed by atoms with Crippen molar-refractivity contribution in [2.75, 3.05) is 13.1 Å². The lowest BCUT2D eigenvalue weighted by molar-refractivity contribution is -0.160. The molecule has 0 radical (unpaired) electrons. The van der Waals surface area contributed by atoms with Gasteiger partial charge in [-0.25, -0.2) is 4.79 Å². The number of ketones is 2. The van der Waals surface area contributed by atoms with Crippen LogP contribution in [-0.2, 0) is 46.3 Å². The lowest BCUT2D eigenvalue weighted by atomic mass is 9.87. The number of carbonyl (C=O) groups excluding carboxylic acids is 5. The highest BCUT2D eigenvalue weighted by atomic mass is 16.6. The highest BCUT2D eigenvalue weighted by Gasteiger charge is 2.40. The van der Waals surface area contributed by atoms with Gasteiger partial charge in [0.05, 0.1) is 18.4 Å². The molecule has 2 aromatic carbocycles. The summed E-state index contributed by atoms with van der Waals surface area (Å²) in [4.78, 5) is 73.0. The maximum Gasteiger partial charge on any atom is 0.408 e. The van der Waals surface area contributed by atoms with Crippen molar-refractivity contribution in [3.05, 3.63) is 81.9 Å². The minimum Gasteiger partial charge on any atom is -0.481 e. The standard InChI is InChI=1S/C27H38N2O4.C16H21N.C12H20O5/c1-17(2)15-24-22-16-19-9-7-8-10-20(19)21(22)13-14-29(24)25(31)23(12-11-18(3)30)28-26(32)33-27(4,5)6;1-11(2)9-16-15-10-12-5-3-4-6-13(12)14(15)7-8-17-16;1-8(13)5-6-9(11(15)16)7-10(14)17-12(2,3)4/h7-10,17,23-24H,11-16H2,1-6H3,(H,28,32);3-6,11,16-17H,7-10H2,1-2H3;9H,5-7H2,1-4H3,(H,15,16)/t23-,24?;;9-/m1.0/s1. The zero-order valence-corrected chi connectivity index (χ0v) is 42.4. The number of nitrogens with one attached hydrogen (secondary N) is 2. The molecule has 4 atom stereocenters. The van der Waals surface area contributed by atoms with Gasteiger partial charge in [-0.1, -0.05) is 76.2 Å². The quantitative estimate of drug-likeness (QED) is 0.146. The number of carbonyl (C=O) groups is 6.